The molecule has 0 spiro atoms. The minimum atomic E-state index is -0.541. The maximum atomic E-state index is 14.1. The first kappa shape index (κ1) is 19.4. The first-order valence-electron chi connectivity index (χ1n) is 10.3. The summed E-state index contributed by atoms with van der Waals surface area (Å²) < 4.78 is 15.9. The van der Waals surface area contributed by atoms with Gasteiger partial charge in [-0.25, -0.2) is 4.39 Å². The number of benzene rings is 2. The number of hydrogen-bond donors (Lipinski definition) is 1. The number of para-hydroxylation sites is 1. The number of fused-ring (bicyclic) bond motifs is 1. The highest BCUT2D eigenvalue weighted by Gasteiger charge is 2.21. The van der Waals surface area contributed by atoms with Gasteiger partial charge in [0, 0.05) is 28.7 Å². The number of nitrogens with one attached hydrogen (secondary N) is 1. The molecule has 0 unspecified atom stereocenters. The average molecular weight is 392 g/mol. The number of amides is 1. The number of hydrogen-bond acceptors (Lipinski definition) is 2. The lowest BCUT2D eigenvalue weighted by Gasteiger charge is -2.16. The zero-order chi connectivity index (χ0) is 20.2. The SMILES string of the molecule is O=C(Cn1cc(C(=O)c2ccccc2F)c2ccccc21)NC1CCCCCC1. The Morgan fingerprint density at radius 3 is 2.38 bits per heavy atom. The second-order valence-electron chi connectivity index (χ2n) is 7.75. The van der Waals surface area contributed by atoms with E-state index in [1.165, 1.54) is 25.0 Å². The Morgan fingerprint density at radius 2 is 1.62 bits per heavy atom. The van der Waals surface area contributed by atoms with Gasteiger partial charge in [-0.05, 0) is 31.0 Å². The van der Waals surface area contributed by atoms with Gasteiger partial charge in [0.25, 0.3) is 0 Å². The maximum Gasteiger partial charge on any atom is 0.240 e. The van der Waals surface area contributed by atoms with Crippen LogP contribution in [0.1, 0.15) is 54.4 Å². The molecule has 29 heavy (non-hydrogen) atoms. The number of ketones is 1. The summed E-state index contributed by atoms with van der Waals surface area (Å²) in [7, 11) is 0. The summed E-state index contributed by atoms with van der Waals surface area (Å²) >= 11 is 0. The number of aromatic nitrogens is 1. The molecule has 1 N–H and O–H groups in total. The molecule has 150 valence electrons. The Labute approximate surface area is 169 Å². The van der Waals surface area contributed by atoms with Crippen molar-refractivity contribution in [2.45, 2.75) is 51.1 Å². The van der Waals surface area contributed by atoms with Gasteiger partial charge in [-0.1, -0.05) is 56.0 Å². The topological polar surface area (TPSA) is 51.1 Å². The number of nitrogens with zero attached hydrogens (tertiary/aromatic N) is 1. The van der Waals surface area contributed by atoms with Crippen molar-refractivity contribution in [1.82, 2.24) is 9.88 Å². The highest BCUT2D eigenvalue weighted by atomic mass is 19.1. The maximum absolute atomic E-state index is 14.1. The van der Waals surface area contributed by atoms with E-state index in [-0.39, 0.29) is 29.8 Å². The van der Waals surface area contributed by atoms with Crippen LogP contribution < -0.4 is 5.32 Å². The van der Waals surface area contributed by atoms with Crippen molar-refractivity contribution in [2.24, 2.45) is 0 Å². The van der Waals surface area contributed by atoms with E-state index in [0.29, 0.717) is 5.56 Å². The van der Waals surface area contributed by atoms with E-state index in [1.54, 1.807) is 22.9 Å². The second-order valence-corrected chi connectivity index (χ2v) is 7.75. The van der Waals surface area contributed by atoms with Crippen molar-refractivity contribution in [3.63, 3.8) is 0 Å². The predicted molar refractivity (Wildman–Crippen MR) is 111 cm³/mol. The largest absolute Gasteiger partial charge is 0.352 e. The smallest absolute Gasteiger partial charge is 0.240 e. The molecule has 3 aromatic rings. The Bertz CT molecular complexity index is 1030. The van der Waals surface area contributed by atoms with Gasteiger partial charge in [-0.15, -0.1) is 0 Å². The average Bonchev–Trinajstić information content (AvgIpc) is 2.89. The van der Waals surface area contributed by atoms with E-state index < -0.39 is 5.82 Å². The lowest BCUT2D eigenvalue weighted by molar-refractivity contribution is -0.122. The van der Waals surface area contributed by atoms with E-state index in [0.717, 1.165) is 36.6 Å². The molecular weight excluding hydrogens is 367 g/mol. The number of carbonyl (C=O) groups excluding carboxylic acids is 2. The first-order valence-corrected chi connectivity index (χ1v) is 10.3. The third kappa shape index (κ3) is 4.24. The van der Waals surface area contributed by atoms with Crippen molar-refractivity contribution in [3.8, 4) is 0 Å². The van der Waals surface area contributed by atoms with E-state index in [4.69, 9.17) is 0 Å². The molecule has 0 aliphatic heterocycles. The fraction of sp³-hybridized carbons (Fsp3) is 0.333. The lowest BCUT2D eigenvalue weighted by atomic mass is 10.0. The third-order valence-corrected chi connectivity index (χ3v) is 5.69. The van der Waals surface area contributed by atoms with E-state index in [9.17, 15) is 14.0 Å². The molecule has 1 aliphatic carbocycles. The van der Waals surface area contributed by atoms with E-state index in [2.05, 4.69) is 5.32 Å². The van der Waals surface area contributed by atoms with Crippen molar-refractivity contribution in [1.29, 1.82) is 0 Å². The Balaban J connectivity index is 1.60. The minimum absolute atomic E-state index is 0.0401. The van der Waals surface area contributed by atoms with E-state index in [1.807, 2.05) is 24.3 Å². The molecular formula is C24H25FN2O2. The zero-order valence-electron chi connectivity index (χ0n) is 16.4. The summed E-state index contributed by atoms with van der Waals surface area (Å²) in [5.74, 6) is -0.967. The van der Waals surface area contributed by atoms with Crippen molar-refractivity contribution < 1.29 is 14.0 Å². The highest BCUT2D eigenvalue weighted by Crippen LogP contribution is 2.25. The summed E-state index contributed by atoms with van der Waals surface area (Å²) in [4.78, 5) is 25.6. The highest BCUT2D eigenvalue weighted by molar-refractivity contribution is 6.16. The summed E-state index contributed by atoms with van der Waals surface area (Å²) in [6.45, 7) is 0.140. The molecule has 1 fully saturated rings. The van der Waals surface area contributed by atoms with Gasteiger partial charge < -0.3 is 9.88 Å². The Hall–Kier alpha value is -2.95. The molecule has 0 saturated heterocycles. The summed E-state index contributed by atoms with van der Waals surface area (Å²) in [6.07, 6.45) is 8.49. The molecule has 0 radical (unpaired) electrons. The Kier molecular flexibility index (Phi) is 5.74. The van der Waals surface area contributed by atoms with Gasteiger partial charge in [0.1, 0.15) is 12.4 Å². The normalized spacial score (nSPS) is 15.2. The molecule has 0 bridgehead atoms. The fourth-order valence-corrected chi connectivity index (χ4v) is 4.20. The minimum Gasteiger partial charge on any atom is -0.352 e. The van der Waals surface area contributed by atoms with Crippen LogP contribution in [-0.4, -0.2) is 22.3 Å². The van der Waals surface area contributed by atoms with Gasteiger partial charge in [0.15, 0.2) is 5.78 Å². The van der Waals surface area contributed by atoms with Crippen LogP contribution in [0, 0.1) is 5.82 Å². The van der Waals surface area contributed by atoms with Crippen molar-refractivity contribution in [2.75, 3.05) is 0 Å². The molecule has 2 aromatic carbocycles. The van der Waals surface area contributed by atoms with Gasteiger partial charge >= 0.3 is 0 Å². The first-order chi connectivity index (χ1) is 14.1. The standard InChI is InChI=1S/C24H25FN2O2/c25-21-13-7-5-12-19(21)24(29)20-15-27(22-14-8-6-11-18(20)22)16-23(28)26-17-9-3-1-2-4-10-17/h5-8,11-15,17H,1-4,9-10,16H2,(H,26,28). The van der Waals surface area contributed by atoms with E-state index >= 15 is 0 Å². The van der Waals surface area contributed by atoms with Gasteiger partial charge in [-0.2, -0.15) is 0 Å². The van der Waals surface area contributed by atoms with Crippen LogP contribution in [0.15, 0.2) is 54.7 Å². The molecule has 1 amide bonds. The number of rotatable bonds is 5. The van der Waals surface area contributed by atoms with Crippen LogP contribution >= 0.6 is 0 Å². The molecule has 1 aliphatic rings. The second kappa shape index (κ2) is 8.60. The van der Waals surface area contributed by atoms with Gasteiger partial charge in [-0.3, -0.25) is 9.59 Å². The summed E-state index contributed by atoms with van der Waals surface area (Å²) in [5.41, 5.74) is 1.24. The Morgan fingerprint density at radius 1 is 0.931 bits per heavy atom. The molecule has 1 heterocycles. The van der Waals surface area contributed by atoms with Crippen LogP contribution in [0.5, 0.6) is 0 Å². The van der Waals surface area contributed by atoms with Crippen LogP contribution in [0.25, 0.3) is 10.9 Å². The molecule has 0 atom stereocenters. The monoisotopic (exact) mass is 392 g/mol. The van der Waals surface area contributed by atoms with Crippen LogP contribution in [0.4, 0.5) is 4.39 Å². The number of carbonyl (C=O) groups is 2. The molecule has 4 nitrogen and oxygen atoms in total. The van der Waals surface area contributed by atoms with Crippen LogP contribution in [0.2, 0.25) is 0 Å². The van der Waals surface area contributed by atoms with Gasteiger partial charge in [0.05, 0.1) is 5.56 Å². The molecule has 5 heteroatoms. The summed E-state index contributed by atoms with van der Waals surface area (Å²) in [6, 6.07) is 13.6. The lowest BCUT2D eigenvalue weighted by Crippen LogP contribution is -2.36. The van der Waals surface area contributed by atoms with Crippen LogP contribution in [0.3, 0.4) is 0 Å². The van der Waals surface area contributed by atoms with Crippen molar-refractivity contribution >= 4 is 22.6 Å². The fourth-order valence-electron chi connectivity index (χ4n) is 4.20. The quantitative estimate of drug-likeness (QED) is 0.498. The summed E-state index contributed by atoms with van der Waals surface area (Å²) in [5, 5.41) is 3.87. The number of halogens is 1. The predicted octanol–water partition coefficient (Wildman–Crippen LogP) is 4.85. The third-order valence-electron chi connectivity index (χ3n) is 5.69. The molecule has 1 aromatic heterocycles. The molecule has 4 rings (SSSR count). The molecule has 1 saturated carbocycles. The van der Waals surface area contributed by atoms with Crippen molar-refractivity contribution in [3.05, 3.63) is 71.7 Å². The van der Waals surface area contributed by atoms with Crippen LogP contribution in [-0.2, 0) is 11.3 Å². The zero-order valence-corrected chi connectivity index (χ0v) is 16.4. The van der Waals surface area contributed by atoms with Gasteiger partial charge in [0.2, 0.25) is 5.91 Å².